The van der Waals surface area contributed by atoms with E-state index in [2.05, 4.69) is 17.1 Å². The van der Waals surface area contributed by atoms with Crippen molar-refractivity contribution in [3.05, 3.63) is 60.2 Å². The summed E-state index contributed by atoms with van der Waals surface area (Å²) in [6.07, 6.45) is -2.16. The fraction of sp³-hybridized carbons (Fsp3) is 0.333. The number of halogens is 3. The molecule has 8 heteroatoms. The van der Waals surface area contributed by atoms with Crippen LogP contribution in [0.4, 0.5) is 24.7 Å². The molecule has 0 unspecified atom stereocenters. The molecule has 2 aromatic carbocycles. The Labute approximate surface area is 184 Å². The van der Waals surface area contributed by atoms with Crippen LogP contribution in [0.15, 0.2) is 54.6 Å². The van der Waals surface area contributed by atoms with Gasteiger partial charge in [0.15, 0.2) is 6.61 Å². The molecule has 0 saturated carbocycles. The maximum Gasteiger partial charge on any atom is 0.416 e. The lowest BCUT2D eigenvalue weighted by Crippen LogP contribution is -2.33. The molecule has 1 N–H and O–H groups in total. The largest absolute Gasteiger partial charge is 0.481 e. The van der Waals surface area contributed by atoms with Gasteiger partial charge in [0.05, 0.1) is 5.56 Å². The Balaban J connectivity index is 1.43. The smallest absolute Gasteiger partial charge is 0.416 e. The summed E-state index contributed by atoms with van der Waals surface area (Å²) in [5, 5.41) is 3.45. The van der Waals surface area contributed by atoms with Gasteiger partial charge in [-0.2, -0.15) is 13.2 Å². The minimum Gasteiger partial charge on any atom is -0.481 e. The number of fused-ring (bicyclic) bond motifs is 1. The van der Waals surface area contributed by atoms with Crippen LogP contribution in [-0.2, 0) is 11.0 Å². The molecule has 0 spiro atoms. The molecule has 5 nitrogen and oxygen atoms in total. The van der Waals surface area contributed by atoms with Gasteiger partial charge in [0, 0.05) is 24.2 Å². The van der Waals surface area contributed by atoms with E-state index in [0.717, 1.165) is 49.3 Å². The number of pyridine rings is 1. The van der Waals surface area contributed by atoms with Gasteiger partial charge in [0.25, 0.3) is 5.91 Å². The minimum absolute atomic E-state index is 0.268. The normalized spacial score (nSPS) is 15.1. The summed E-state index contributed by atoms with van der Waals surface area (Å²) in [4.78, 5) is 19.3. The van der Waals surface area contributed by atoms with Gasteiger partial charge >= 0.3 is 6.18 Å². The van der Waals surface area contributed by atoms with E-state index in [0.29, 0.717) is 17.2 Å². The van der Waals surface area contributed by atoms with Crippen LogP contribution >= 0.6 is 0 Å². The number of carbonyl (C=O) groups is 1. The monoisotopic (exact) mass is 443 g/mol. The predicted octanol–water partition coefficient (Wildman–Crippen LogP) is 5.51. The number of piperidine rings is 1. The number of benzene rings is 2. The highest BCUT2D eigenvalue weighted by Gasteiger charge is 2.30. The van der Waals surface area contributed by atoms with E-state index < -0.39 is 17.6 Å². The molecule has 32 heavy (non-hydrogen) atoms. The number of rotatable bonds is 5. The number of hydrogen-bond donors (Lipinski definition) is 1. The number of anilines is 2. The molecule has 1 aliphatic rings. The number of ether oxygens (including phenoxy) is 1. The van der Waals surface area contributed by atoms with Gasteiger partial charge < -0.3 is 15.0 Å². The van der Waals surface area contributed by atoms with Crippen LogP contribution in [0, 0.1) is 5.92 Å². The van der Waals surface area contributed by atoms with Crippen LogP contribution in [-0.4, -0.2) is 30.6 Å². The highest BCUT2D eigenvalue weighted by atomic mass is 19.4. The highest BCUT2D eigenvalue weighted by Crippen LogP contribution is 2.30. The van der Waals surface area contributed by atoms with Crippen molar-refractivity contribution in [2.75, 3.05) is 29.9 Å². The maximum absolute atomic E-state index is 12.7. The third-order valence-corrected chi connectivity index (χ3v) is 5.63. The average molecular weight is 443 g/mol. The van der Waals surface area contributed by atoms with E-state index in [-0.39, 0.29) is 12.3 Å². The quantitative estimate of drug-likeness (QED) is 0.565. The van der Waals surface area contributed by atoms with Crippen LogP contribution in [0.3, 0.4) is 0 Å². The Bertz CT molecular complexity index is 1090. The molecule has 1 amide bonds. The van der Waals surface area contributed by atoms with Crippen LogP contribution in [0.1, 0.15) is 25.3 Å². The Morgan fingerprint density at radius 1 is 1.09 bits per heavy atom. The van der Waals surface area contributed by atoms with Crippen molar-refractivity contribution >= 4 is 28.3 Å². The van der Waals surface area contributed by atoms with Crippen molar-refractivity contribution in [3.8, 4) is 5.75 Å². The zero-order chi connectivity index (χ0) is 22.7. The number of alkyl halides is 3. The molecule has 4 rings (SSSR count). The first kappa shape index (κ1) is 21.9. The van der Waals surface area contributed by atoms with Gasteiger partial charge in [-0.3, -0.25) is 4.79 Å². The van der Waals surface area contributed by atoms with Crippen molar-refractivity contribution in [1.82, 2.24) is 4.98 Å². The SMILES string of the molecule is CC1CCN(c2ccc3cccc(OCC(=O)Nc4ccc(C(F)(F)F)cc4)c3n2)CC1. The number of nitrogens with one attached hydrogen (secondary N) is 1. The lowest BCUT2D eigenvalue weighted by Gasteiger charge is -2.31. The number of amides is 1. The van der Waals surface area contributed by atoms with Gasteiger partial charge in [-0.1, -0.05) is 19.1 Å². The highest BCUT2D eigenvalue weighted by molar-refractivity contribution is 5.92. The first-order chi connectivity index (χ1) is 15.3. The zero-order valence-electron chi connectivity index (χ0n) is 17.7. The summed E-state index contributed by atoms with van der Waals surface area (Å²) >= 11 is 0. The molecular weight excluding hydrogens is 419 g/mol. The third kappa shape index (κ3) is 5.12. The molecule has 1 saturated heterocycles. The van der Waals surface area contributed by atoms with E-state index in [9.17, 15) is 18.0 Å². The number of hydrogen-bond acceptors (Lipinski definition) is 4. The number of para-hydroxylation sites is 1. The topological polar surface area (TPSA) is 54.5 Å². The van der Waals surface area contributed by atoms with E-state index in [4.69, 9.17) is 9.72 Å². The summed E-state index contributed by atoms with van der Waals surface area (Å²) in [7, 11) is 0. The summed E-state index contributed by atoms with van der Waals surface area (Å²) in [5.41, 5.74) is 0.169. The Hall–Kier alpha value is -3.29. The van der Waals surface area contributed by atoms with E-state index in [1.54, 1.807) is 6.07 Å². The predicted molar refractivity (Wildman–Crippen MR) is 118 cm³/mol. The van der Waals surface area contributed by atoms with Crippen LogP contribution in [0.5, 0.6) is 5.75 Å². The second kappa shape index (κ2) is 9.06. The van der Waals surface area contributed by atoms with Gasteiger partial charge in [-0.05, 0) is 61.2 Å². The van der Waals surface area contributed by atoms with Gasteiger partial charge in [-0.25, -0.2) is 4.98 Å². The third-order valence-electron chi connectivity index (χ3n) is 5.63. The van der Waals surface area contributed by atoms with E-state index >= 15 is 0 Å². The van der Waals surface area contributed by atoms with Crippen molar-refractivity contribution in [2.45, 2.75) is 25.9 Å². The summed E-state index contributed by atoms with van der Waals surface area (Å²) in [6, 6.07) is 13.8. The fourth-order valence-corrected chi connectivity index (χ4v) is 3.72. The van der Waals surface area contributed by atoms with Crippen molar-refractivity contribution in [1.29, 1.82) is 0 Å². The van der Waals surface area contributed by atoms with Gasteiger partial charge in [-0.15, -0.1) is 0 Å². The molecule has 1 fully saturated rings. The molecule has 0 bridgehead atoms. The number of nitrogens with zero attached hydrogens (tertiary/aromatic N) is 2. The molecule has 1 aromatic heterocycles. The Morgan fingerprint density at radius 3 is 2.50 bits per heavy atom. The summed E-state index contributed by atoms with van der Waals surface area (Å²) < 4.78 is 43.7. The van der Waals surface area contributed by atoms with Crippen LogP contribution < -0.4 is 15.0 Å². The molecule has 168 valence electrons. The lowest BCUT2D eigenvalue weighted by molar-refractivity contribution is -0.137. The van der Waals surface area contributed by atoms with Crippen LogP contribution in [0.25, 0.3) is 10.9 Å². The molecule has 3 aromatic rings. The number of aromatic nitrogens is 1. The first-order valence-electron chi connectivity index (χ1n) is 10.5. The minimum atomic E-state index is -4.42. The first-order valence-corrected chi connectivity index (χ1v) is 10.5. The van der Waals surface area contributed by atoms with Crippen molar-refractivity contribution < 1.29 is 22.7 Å². The Morgan fingerprint density at radius 2 is 1.81 bits per heavy atom. The molecule has 0 aliphatic carbocycles. The van der Waals surface area contributed by atoms with E-state index in [1.807, 2.05) is 24.3 Å². The molecule has 1 aliphatic heterocycles. The molecule has 0 radical (unpaired) electrons. The lowest BCUT2D eigenvalue weighted by atomic mass is 9.99. The van der Waals surface area contributed by atoms with E-state index in [1.165, 1.54) is 12.1 Å². The average Bonchev–Trinajstić information content (AvgIpc) is 2.77. The van der Waals surface area contributed by atoms with Gasteiger partial charge in [0.1, 0.15) is 17.1 Å². The molecule has 2 heterocycles. The summed E-state index contributed by atoms with van der Waals surface area (Å²) in [5.74, 6) is 1.61. The Kier molecular flexibility index (Phi) is 6.21. The number of carbonyl (C=O) groups excluding carboxylic acids is 1. The second-order valence-electron chi connectivity index (χ2n) is 8.08. The van der Waals surface area contributed by atoms with Crippen molar-refractivity contribution in [3.63, 3.8) is 0 Å². The van der Waals surface area contributed by atoms with Crippen molar-refractivity contribution in [2.24, 2.45) is 5.92 Å². The van der Waals surface area contributed by atoms with Crippen LogP contribution in [0.2, 0.25) is 0 Å². The maximum atomic E-state index is 12.7. The second-order valence-corrected chi connectivity index (χ2v) is 8.08. The standard InChI is InChI=1S/C24H24F3N3O2/c1-16-11-13-30(14-12-16)21-10-5-17-3-2-4-20(23(17)29-21)32-15-22(31)28-19-8-6-18(7-9-19)24(25,26)27/h2-10,16H,11-15H2,1H3,(H,28,31). The molecule has 0 atom stereocenters. The fourth-order valence-electron chi connectivity index (χ4n) is 3.72. The van der Waals surface area contributed by atoms with Gasteiger partial charge in [0.2, 0.25) is 0 Å². The zero-order valence-corrected chi connectivity index (χ0v) is 17.7. The molecular formula is C24H24F3N3O2. The summed E-state index contributed by atoms with van der Waals surface area (Å²) in [6.45, 7) is 3.89.